The second-order valence-electron chi connectivity index (χ2n) is 4.09. The molecule has 1 aromatic carbocycles. The van der Waals surface area contributed by atoms with Gasteiger partial charge in [0.15, 0.2) is 0 Å². The van der Waals surface area contributed by atoms with Gasteiger partial charge in [-0.3, -0.25) is 0 Å². The molecular weight excluding hydrogens is 219 g/mol. The first kappa shape index (κ1) is 11.8. The number of nitrogens with one attached hydrogen (secondary N) is 1. The predicted octanol–water partition coefficient (Wildman–Crippen LogP) is 2.97. The number of nitrogens with zero attached hydrogens (tertiary/aromatic N) is 1. The summed E-state index contributed by atoms with van der Waals surface area (Å²) in [5, 5.41) is 7.15. The molecule has 1 atom stereocenters. The van der Waals surface area contributed by atoms with Crippen molar-refractivity contribution in [3.05, 3.63) is 53.2 Å². The lowest BCUT2D eigenvalue weighted by atomic mass is 10.1. The Bertz CT molecular complexity index is 496. The maximum absolute atomic E-state index is 13.0. The van der Waals surface area contributed by atoms with Gasteiger partial charge < -0.3 is 9.84 Å². The topological polar surface area (TPSA) is 38.1 Å². The van der Waals surface area contributed by atoms with Crippen LogP contribution in [0.4, 0.5) is 4.39 Å². The lowest BCUT2D eigenvalue weighted by Crippen LogP contribution is -2.18. The molecule has 0 aliphatic rings. The Morgan fingerprint density at radius 1 is 1.41 bits per heavy atom. The maximum Gasteiger partial charge on any atom is 0.133 e. The minimum atomic E-state index is -0.214. The Labute approximate surface area is 99.6 Å². The molecule has 4 heteroatoms. The summed E-state index contributed by atoms with van der Waals surface area (Å²) in [7, 11) is 0. The highest BCUT2D eigenvalue weighted by Crippen LogP contribution is 2.14. The molecule has 0 saturated heterocycles. The average Bonchev–Trinajstić information content (AvgIpc) is 2.72. The highest BCUT2D eigenvalue weighted by atomic mass is 19.1. The van der Waals surface area contributed by atoms with E-state index in [1.165, 1.54) is 12.1 Å². The van der Waals surface area contributed by atoms with Crippen LogP contribution in [0.2, 0.25) is 0 Å². The van der Waals surface area contributed by atoms with Crippen LogP contribution >= 0.6 is 0 Å². The number of hydrogen-bond acceptors (Lipinski definition) is 3. The molecule has 0 saturated carbocycles. The van der Waals surface area contributed by atoms with Gasteiger partial charge in [-0.2, -0.15) is 0 Å². The summed E-state index contributed by atoms with van der Waals surface area (Å²) in [6.45, 7) is 4.45. The fourth-order valence-electron chi connectivity index (χ4n) is 1.65. The number of aryl methyl sites for hydroxylation is 1. The van der Waals surface area contributed by atoms with E-state index in [9.17, 15) is 4.39 Å². The fourth-order valence-corrected chi connectivity index (χ4v) is 1.65. The summed E-state index contributed by atoms with van der Waals surface area (Å²) in [5.74, 6) is 0.577. The minimum absolute atomic E-state index is 0.0720. The molecule has 3 nitrogen and oxygen atoms in total. The molecule has 0 amide bonds. The van der Waals surface area contributed by atoms with Crippen LogP contribution in [-0.4, -0.2) is 5.16 Å². The summed E-state index contributed by atoms with van der Waals surface area (Å²) < 4.78 is 18.0. The van der Waals surface area contributed by atoms with Crippen molar-refractivity contribution in [1.29, 1.82) is 0 Å². The van der Waals surface area contributed by atoms with E-state index in [4.69, 9.17) is 4.52 Å². The van der Waals surface area contributed by atoms with Gasteiger partial charge in [-0.15, -0.1) is 0 Å². The van der Waals surface area contributed by atoms with Gasteiger partial charge in [0.05, 0.1) is 5.69 Å². The Balaban J connectivity index is 1.95. The Kier molecular flexibility index (Phi) is 3.54. The van der Waals surface area contributed by atoms with Gasteiger partial charge in [-0.05, 0) is 31.5 Å². The predicted molar refractivity (Wildman–Crippen MR) is 62.9 cm³/mol. The summed E-state index contributed by atoms with van der Waals surface area (Å²) in [4.78, 5) is 0. The minimum Gasteiger partial charge on any atom is -0.361 e. The Morgan fingerprint density at radius 2 is 2.24 bits per heavy atom. The molecule has 1 aromatic heterocycles. The zero-order valence-electron chi connectivity index (χ0n) is 9.90. The van der Waals surface area contributed by atoms with Crippen molar-refractivity contribution >= 4 is 0 Å². The Morgan fingerprint density at radius 3 is 2.88 bits per heavy atom. The molecule has 1 heterocycles. The average molecular weight is 234 g/mol. The number of aromatic nitrogens is 1. The van der Waals surface area contributed by atoms with Gasteiger partial charge in [-0.25, -0.2) is 4.39 Å². The molecule has 0 fully saturated rings. The molecule has 0 spiro atoms. The highest BCUT2D eigenvalue weighted by Gasteiger charge is 2.07. The van der Waals surface area contributed by atoms with E-state index in [0.29, 0.717) is 6.54 Å². The summed E-state index contributed by atoms with van der Waals surface area (Å²) in [6.07, 6.45) is 0. The van der Waals surface area contributed by atoms with E-state index in [2.05, 4.69) is 10.5 Å². The van der Waals surface area contributed by atoms with E-state index < -0.39 is 0 Å². The summed E-state index contributed by atoms with van der Waals surface area (Å²) in [5.41, 5.74) is 1.77. The smallest absolute Gasteiger partial charge is 0.133 e. The Hall–Kier alpha value is -1.68. The standard InChI is InChI=1S/C13H15FN2O/c1-9-6-13(16-17-9)8-15-10(2)11-4-3-5-12(14)7-11/h3-7,10,15H,8H2,1-2H3. The molecule has 17 heavy (non-hydrogen) atoms. The molecule has 2 rings (SSSR count). The van der Waals surface area contributed by atoms with Crippen LogP contribution in [0.15, 0.2) is 34.9 Å². The van der Waals surface area contributed by atoms with E-state index in [1.54, 1.807) is 6.07 Å². The molecular formula is C13H15FN2O. The first-order chi connectivity index (χ1) is 8.15. The van der Waals surface area contributed by atoms with Crippen molar-refractivity contribution in [1.82, 2.24) is 10.5 Å². The van der Waals surface area contributed by atoms with Crippen molar-refractivity contribution in [2.24, 2.45) is 0 Å². The SMILES string of the molecule is Cc1cc(CNC(C)c2cccc(F)c2)no1. The quantitative estimate of drug-likeness (QED) is 0.883. The molecule has 0 bridgehead atoms. The summed E-state index contributed by atoms with van der Waals surface area (Å²) >= 11 is 0. The number of rotatable bonds is 4. The van der Waals surface area contributed by atoms with Crippen LogP contribution in [-0.2, 0) is 6.54 Å². The van der Waals surface area contributed by atoms with Crippen LogP contribution < -0.4 is 5.32 Å². The first-order valence-corrected chi connectivity index (χ1v) is 5.56. The van der Waals surface area contributed by atoms with Gasteiger partial charge >= 0.3 is 0 Å². The fraction of sp³-hybridized carbons (Fsp3) is 0.308. The molecule has 1 unspecified atom stereocenters. The largest absolute Gasteiger partial charge is 0.361 e. The van der Waals surface area contributed by atoms with Crippen molar-refractivity contribution in [3.8, 4) is 0 Å². The van der Waals surface area contributed by atoms with Crippen LogP contribution in [0.3, 0.4) is 0 Å². The van der Waals surface area contributed by atoms with Crippen LogP contribution in [0.1, 0.15) is 30.0 Å². The van der Waals surface area contributed by atoms with Crippen molar-refractivity contribution in [2.75, 3.05) is 0 Å². The zero-order chi connectivity index (χ0) is 12.3. The normalized spacial score (nSPS) is 12.6. The second kappa shape index (κ2) is 5.10. The van der Waals surface area contributed by atoms with Crippen LogP contribution in [0.25, 0.3) is 0 Å². The van der Waals surface area contributed by atoms with Gasteiger partial charge in [-0.1, -0.05) is 17.3 Å². The van der Waals surface area contributed by atoms with E-state index in [1.807, 2.05) is 26.0 Å². The molecule has 2 aromatic rings. The highest BCUT2D eigenvalue weighted by molar-refractivity contribution is 5.19. The molecule has 90 valence electrons. The van der Waals surface area contributed by atoms with Crippen molar-refractivity contribution in [3.63, 3.8) is 0 Å². The van der Waals surface area contributed by atoms with Gasteiger partial charge in [0, 0.05) is 18.7 Å². The van der Waals surface area contributed by atoms with Crippen molar-refractivity contribution < 1.29 is 8.91 Å². The zero-order valence-corrected chi connectivity index (χ0v) is 9.90. The summed E-state index contributed by atoms with van der Waals surface area (Å²) in [6, 6.07) is 8.54. The maximum atomic E-state index is 13.0. The lowest BCUT2D eigenvalue weighted by molar-refractivity contribution is 0.386. The van der Waals surface area contributed by atoms with E-state index in [-0.39, 0.29) is 11.9 Å². The van der Waals surface area contributed by atoms with E-state index >= 15 is 0 Å². The first-order valence-electron chi connectivity index (χ1n) is 5.56. The third-order valence-corrected chi connectivity index (χ3v) is 2.61. The number of benzene rings is 1. The monoisotopic (exact) mass is 234 g/mol. The molecule has 1 N–H and O–H groups in total. The number of halogens is 1. The molecule has 0 aliphatic carbocycles. The van der Waals surface area contributed by atoms with Gasteiger partial charge in [0.2, 0.25) is 0 Å². The number of hydrogen-bond donors (Lipinski definition) is 1. The van der Waals surface area contributed by atoms with Crippen LogP contribution in [0.5, 0.6) is 0 Å². The molecule has 0 aliphatic heterocycles. The van der Waals surface area contributed by atoms with Gasteiger partial charge in [0.25, 0.3) is 0 Å². The molecule has 0 radical (unpaired) electrons. The second-order valence-corrected chi connectivity index (χ2v) is 4.09. The lowest BCUT2D eigenvalue weighted by Gasteiger charge is -2.12. The van der Waals surface area contributed by atoms with Crippen LogP contribution in [0, 0.1) is 12.7 Å². The van der Waals surface area contributed by atoms with Crippen molar-refractivity contribution in [2.45, 2.75) is 26.4 Å². The third kappa shape index (κ3) is 3.14. The third-order valence-electron chi connectivity index (χ3n) is 2.61. The van der Waals surface area contributed by atoms with Gasteiger partial charge in [0.1, 0.15) is 11.6 Å². The van der Waals surface area contributed by atoms with E-state index in [0.717, 1.165) is 17.0 Å².